The van der Waals surface area contributed by atoms with Crippen LogP contribution >= 0.6 is 0 Å². The summed E-state index contributed by atoms with van der Waals surface area (Å²) in [7, 11) is 0. The van der Waals surface area contributed by atoms with Gasteiger partial charge in [-0.2, -0.15) is 0 Å². The summed E-state index contributed by atoms with van der Waals surface area (Å²) < 4.78 is 0. The third kappa shape index (κ3) is 4.20. The highest BCUT2D eigenvalue weighted by Gasteiger charge is 2.09. The highest BCUT2D eigenvalue weighted by atomic mass is 14.5. The second-order valence-electron chi connectivity index (χ2n) is 5.20. The summed E-state index contributed by atoms with van der Waals surface area (Å²) >= 11 is 0. The number of rotatable bonds is 3. The molecule has 0 atom stereocenters. The molecule has 0 radical (unpaired) electrons. The topological polar surface area (TPSA) is 26.0 Å². The van der Waals surface area contributed by atoms with Crippen molar-refractivity contribution in [1.29, 1.82) is 0 Å². The number of nitrogens with two attached hydrogens (primary N) is 1. The zero-order chi connectivity index (χ0) is 12.6. The molecule has 1 aromatic carbocycles. The molecule has 96 valence electrons. The van der Waals surface area contributed by atoms with E-state index in [4.69, 9.17) is 5.73 Å². The van der Waals surface area contributed by atoms with E-state index in [-0.39, 0.29) is 0 Å². The fourth-order valence-electron chi connectivity index (χ4n) is 2.54. The van der Waals surface area contributed by atoms with E-state index in [0.717, 1.165) is 24.9 Å². The molecule has 1 aliphatic carbocycles. The van der Waals surface area contributed by atoms with Crippen LogP contribution in [0.4, 0.5) is 0 Å². The van der Waals surface area contributed by atoms with Gasteiger partial charge in [0.05, 0.1) is 0 Å². The van der Waals surface area contributed by atoms with Crippen LogP contribution in [0.15, 0.2) is 24.3 Å². The van der Waals surface area contributed by atoms with E-state index >= 15 is 0 Å². The minimum Gasteiger partial charge on any atom is -0.330 e. The minimum absolute atomic E-state index is 0.631. The van der Waals surface area contributed by atoms with Gasteiger partial charge in [-0.15, -0.1) is 0 Å². The number of hydrogen-bond donors (Lipinski definition) is 1. The molecule has 1 heteroatoms. The summed E-state index contributed by atoms with van der Waals surface area (Å²) in [4.78, 5) is 0. The molecule has 1 aliphatic rings. The Kier molecular flexibility index (Phi) is 5.30. The Morgan fingerprint density at radius 3 is 2.78 bits per heavy atom. The molecule has 18 heavy (non-hydrogen) atoms. The Labute approximate surface area is 111 Å². The van der Waals surface area contributed by atoms with E-state index in [9.17, 15) is 0 Å². The van der Waals surface area contributed by atoms with Gasteiger partial charge in [0.15, 0.2) is 0 Å². The van der Waals surface area contributed by atoms with Crippen molar-refractivity contribution < 1.29 is 0 Å². The highest BCUT2D eigenvalue weighted by Crippen LogP contribution is 2.22. The molecule has 0 heterocycles. The summed E-state index contributed by atoms with van der Waals surface area (Å²) in [5, 5.41) is 0. The molecule has 0 spiro atoms. The molecule has 1 saturated carbocycles. The fraction of sp³-hybridized carbons (Fsp3) is 0.529. The van der Waals surface area contributed by atoms with Crippen molar-refractivity contribution in [1.82, 2.24) is 0 Å². The fourth-order valence-corrected chi connectivity index (χ4v) is 2.54. The predicted octanol–water partition coefficient (Wildman–Crippen LogP) is 3.51. The van der Waals surface area contributed by atoms with E-state index in [1.807, 2.05) is 0 Å². The maximum Gasteiger partial charge on any atom is 0.0248 e. The zero-order valence-electron chi connectivity index (χ0n) is 11.1. The Balaban J connectivity index is 1.97. The molecule has 0 bridgehead atoms. The van der Waals surface area contributed by atoms with Gasteiger partial charge in [0.25, 0.3) is 0 Å². The van der Waals surface area contributed by atoms with Crippen LogP contribution in [0.25, 0.3) is 0 Å². The predicted molar refractivity (Wildman–Crippen MR) is 77.3 cm³/mol. The van der Waals surface area contributed by atoms with E-state index in [1.165, 1.54) is 37.7 Å². The first kappa shape index (κ1) is 13.2. The lowest BCUT2D eigenvalue weighted by atomic mass is 9.89. The second kappa shape index (κ2) is 7.24. The lowest BCUT2D eigenvalue weighted by Gasteiger charge is -2.15. The van der Waals surface area contributed by atoms with Crippen molar-refractivity contribution in [2.24, 2.45) is 11.7 Å². The van der Waals surface area contributed by atoms with E-state index in [2.05, 4.69) is 36.1 Å². The lowest BCUT2D eigenvalue weighted by molar-refractivity contribution is 0.430. The normalized spacial score (nSPS) is 16.1. The number of hydrogen-bond acceptors (Lipinski definition) is 1. The molecular formula is C17H23N. The highest BCUT2D eigenvalue weighted by molar-refractivity contribution is 5.37. The molecule has 1 aromatic rings. The standard InChI is InChI=1S/C17H23N/c18-13-5-10-16-8-4-9-17(14-16)12-11-15-6-2-1-3-7-15/h4,8-9,14-15H,1-3,5-7,10,13,18H2. The Bertz CT molecular complexity index is 419. The Morgan fingerprint density at radius 1 is 1.17 bits per heavy atom. The summed E-state index contributed by atoms with van der Waals surface area (Å²) in [6, 6.07) is 8.60. The molecule has 1 nitrogen and oxygen atoms in total. The Hall–Kier alpha value is -1.26. The molecule has 0 aliphatic heterocycles. The number of aryl methyl sites for hydroxylation is 1. The van der Waals surface area contributed by atoms with Crippen molar-refractivity contribution in [2.75, 3.05) is 6.54 Å². The average Bonchev–Trinajstić information content (AvgIpc) is 2.44. The molecule has 0 unspecified atom stereocenters. The first-order chi connectivity index (χ1) is 8.88. The molecule has 0 saturated heterocycles. The maximum absolute atomic E-state index is 5.54. The maximum atomic E-state index is 5.54. The van der Waals surface area contributed by atoms with Gasteiger partial charge in [-0.3, -0.25) is 0 Å². The largest absolute Gasteiger partial charge is 0.330 e. The first-order valence-electron chi connectivity index (χ1n) is 7.19. The first-order valence-corrected chi connectivity index (χ1v) is 7.19. The van der Waals surface area contributed by atoms with Gasteiger partial charge in [-0.25, -0.2) is 0 Å². The van der Waals surface area contributed by atoms with Crippen LogP contribution in [-0.2, 0) is 6.42 Å². The van der Waals surface area contributed by atoms with Gasteiger partial charge >= 0.3 is 0 Å². The number of benzene rings is 1. The monoisotopic (exact) mass is 241 g/mol. The average molecular weight is 241 g/mol. The van der Waals surface area contributed by atoms with Gasteiger partial charge in [0.1, 0.15) is 0 Å². The third-order valence-electron chi connectivity index (χ3n) is 3.62. The summed E-state index contributed by atoms with van der Waals surface area (Å²) in [5.74, 6) is 7.43. The van der Waals surface area contributed by atoms with Gasteiger partial charge in [0, 0.05) is 11.5 Å². The van der Waals surface area contributed by atoms with Crippen LogP contribution in [0.1, 0.15) is 49.7 Å². The van der Waals surface area contributed by atoms with Gasteiger partial charge in [-0.1, -0.05) is 43.2 Å². The third-order valence-corrected chi connectivity index (χ3v) is 3.62. The zero-order valence-corrected chi connectivity index (χ0v) is 11.1. The summed E-state index contributed by atoms with van der Waals surface area (Å²) in [6.07, 6.45) is 8.81. The Morgan fingerprint density at radius 2 is 2.00 bits per heavy atom. The van der Waals surface area contributed by atoms with Crippen LogP contribution in [0.3, 0.4) is 0 Å². The smallest absolute Gasteiger partial charge is 0.0248 e. The van der Waals surface area contributed by atoms with Gasteiger partial charge in [0.2, 0.25) is 0 Å². The molecule has 0 amide bonds. The lowest BCUT2D eigenvalue weighted by Crippen LogP contribution is -2.03. The SMILES string of the molecule is NCCCc1cccc(C#CC2CCCCC2)c1. The van der Waals surface area contributed by atoms with Crippen molar-refractivity contribution in [3.8, 4) is 11.8 Å². The molecular weight excluding hydrogens is 218 g/mol. The summed E-state index contributed by atoms with van der Waals surface area (Å²) in [5.41, 5.74) is 8.06. The van der Waals surface area contributed by atoms with Crippen LogP contribution in [-0.4, -0.2) is 6.54 Å². The summed E-state index contributed by atoms with van der Waals surface area (Å²) in [6.45, 7) is 0.762. The van der Waals surface area contributed by atoms with Crippen LogP contribution in [0.5, 0.6) is 0 Å². The molecule has 0 aromatic heterocycles. The van der Waals surface area contributed by atoms with Crippen LogP contribution < -0.4 is 5.73 Å². The van der Waals surface area contributed by atoms with Crippen LogP contribution in [0, 0.1) is 17.8 Å². The molecule has 1 fully saturated rings. The van der Waals surface area contributed by atoms with Gasteiger partial charge < -0.3 is 5.73 Å². The van der Waals surface area contributed by atoms with E-state index in [1.54, 1.807) is 0 Å². The van der Waals surface area contributed by atoms with Gasteiger partial charge in [-0.05, 0) is 49.9 Å². The van der Waals surface area contributed by atoms with E-state index in [0.29, 0.717) is 5.92 Å². The van der Waals surface area contributed by atoms with Crippen molar-refractivity contribution in [3.63, 3.8) is 0 Å². The second-order valence-corrected chi connectivity index (χ2v) is 5.20. The van der Waals surface area contributed by atoms with E-state index < -0.39 is 0 Å². The van der Waals surface area contributed by atoms with Crippen LogP contribution in [0.2, 0.25) is 0 Å². The van der Waals surface area contributed by atoms with Crippen molar-refractivity contribution >= 4 is 0 Å². The van der Waals surface area contributed by atoms with Crippen molar-refractivity contribution in [3.05, 3.63) is 35.4 Å². The van der Waals surface area contributed by atoms with Crippen molar-refractivity contribution in [2.45, 2.75) is 44.9 Å². The quantitative estimate of drug-likeness (QED) is 0.805. The molecule has 2 rings (SSSR count). The minimum atomic E-state index is 0.631. The molecule has 2 N–H and O–H groups in total.